The zero-order valence-corrected chi connectivity index (χ0v) is 19.1. The molecule has 157 valence electrons. The van der Waals surface area contributed by atoms with Crippen LogP contribution in [0.1, 0.15) is 162 Å². The SMILES string of the molecule is CCCCCCCCCCCCCCCCC[C](CCCC)CCCC. The van der Waals surface area contributed by atoms with E-state index < -0.39 is 0 Å². The molecule has 0 nitrogen and oxygen atoms in total. The minimum atomic E-state index is 1.36. The van der Waals surface area contributed by atoms with Crippen molar-refractivity contribution in [2.24, 2.45) is 0 Å². The highest BCUT2D eigenvalue weighted by Crippen LogP contribution is 2.25. The topological polar surface area (TPSA) is 0 Å². The van der Waals surface area contributed by atoms with Gasteiger partial charge in [0.1, 0.15) is 0 Å². The fraction of sp³-hybridized carbons (Fsp3) is 0.962. The minimum Gasteiger partial charge on any atom is -0.0654 e. The Morgan fingerprint density at radius 1 is 0.308 bits per heavy atom. The molecule has 0 aromatic carbocycles. The molecule has 0 saturated heterocycles. The maximum atomic E-state index is 2.32. The average Bonchev–Trinajstić information content (AvgIpc) is 2.66. The molecule has 0 heterocycles. The molecule has 0 spiro atoms. The first kappa shape index (κ1) is 26.0. The molecule has 1 radical (unpaired) electrons. The normalized spacial score (nSPS) is 11.5. The maximum Gasteiger partial charge on any atom is -0.0241 e. The van der Waals surface area contributed by atoms with Gasteiger partial charge in [-0.3, -0.25) is 0 Å². The summed E-state index contributed by atoms with van der Waals surface area (Å²) in [5.74, 6) is 1.88. The van der Waals surface area contributed by atoms with Crippen LogP contribution in [0.15, 0.2) is 0 Å². The van der Waals surface area contributed by atoms with Gasteiger partial charge in [-0.25, -0.2) is 0 Å². The van der Waals surface area contributed by atoms with Gasteiger partial charge in [0.25, 0.3) is 0 Å². The van der Waals surface area contributed by atoms with Crippen LogP contribution in [-0.2, 0) is 0 Å². The summed E-state index contributed by atoms with van der Waals surface area (Å²) in [7, 11) is 0. The van der Waals surface area contributed by atoms with Crippen molar-refractivity contribution in [2.45, 2.75) is 162 Å². The van der Waals surface area contributed by atoms with Gasteiger partial charge < -0.3 is 0 Å². The Bertz CT molecular complexity index is 224. The summed E-state index contributed by atoms with van der Waals surface area (Å²) < 4.78 is 0. The number of unbranched alkanes of at least 4 members (excludes halogenated alkanes) is 16. The third-order valence-electron chi connectivity index (χ3n) is 5.90. The first-order valence-corrected chi connectivity index (χ1v) is 12.7. The van der Waals surface area contributed by atoms with Gasteiger partial charge in [-0.2, -0.15) is 0 Å². The van der Waals surface area contributed by atoms with Crippen molar-refractivity contribution >= 4 is 0 Å². The van der Waals surface area contributed by atoms with Crippen LogP contribution in [0, 0.1) is 5.92 Å². The summed E-state index contributed by atoms with van der Waals surface area (Å²) in [6.07, 6.45) is 31.8. The second-order valence-electron chi connectivity index (χ2n) is 8.66. The van der Waals surface area contributed by atoms with Crippen LogP contribution < -0.4 is 0 Å². The quantitative estimate of drug-likeness (QED) is 0.167. The van der Waals surface area contributed by atoms with Crippen molar-refractivity contribution in [3.05, 3.63) is 5.92 Å². The monoisotopic (exact) mass is 365 g/mol. The molecule has 0 rings (SSSR count). The van der Waals surface area contributed by atoms with Gasteiger partial charge >= 0.3 is 0 Å². The van der Waals surface area contributed by atoms with E-state index in [1.54, 1.807) is 0 Å². The Labute approximate surface area is 168 Å². The summed E-state index contributed by atoms with van der Waals surface area (Å²) in [5, 5.41) is 0. The molecular weight excluding hydrogens is 312 g/mol. The first-order valence-electron chi connectivity index (χ1n) is 12.7. The summed E-state index contributed by atoms with van der Waals surface area (Å²) >= 11 is 0. The third-order valence-corrected chi connectivity index (χ3v) is 5.90. The fourth-order valence-electron chi connectivity index (χ4n) is 3.97. The number of rotatable bonds is 22. The lowest BCUT2D eigenvalue weighted by Crippen LogP contribution is -1.98. The molecule has 0 unspecified atom stereocenters. The van der Waals surface area contributed by atoms with Gasteiger partial charge in [0.2, 0.25) is 0 Å². The number of hydrogen-bond acceptors (Lipinski definition) is 0. The van der Waals surface area contributed by atoms with Gasteiger partial charge in [0.05, 0.1) is 0 Å². The minimum absolute atomic E-state index is 1.36. The molecule has 0 aliphatic heterocycles. The molecule has 0 aromatic rings. The fourth-order valence-corrected chi connectivity index (χ4v) is 3.97. The second-order valence-corrected chi connectivity index (χ2v) is 8.66. The Hall–Kier alpha value is 0. The van der Waals surface area contributed by atoms with Crippen LogP contribution in [-0.4, -0.2) is 0 Å². The highest BCUT2D eigenvalue weighted by atomic mass is 14.1. The highest BCUT2D eigenvalue weighted by Gasteiger charge is 2.08. The molecule has 0 aliphatic carbocycles. The average molecular weight is 366 g/mol. The molecule has 0 saturated carbocycles. The van der Waals surface area contributed by atoms with Crippen LogP contribution >= 0.6 is 0 Å². The van der Waals surface area contributed by atoms with E-state index in [2.05, 4.69) is 20.8 Å². The van der Waals surface area contributed by atoms with Crippen molar-refractivity contribution in [3.8, 4) is 0 Å². The zero-order valence-electron chi connectivity index (χ0n) is 19.1. The molecule has 0 aromatic heterocycles. The van der Waals surface area contributed by atoms with Gasteiger partial charge in [-0.05, 0) is 25.2 Å². The van der Waals surface area contributed by atoms with Gasteiger partial charge in [-0.15, -0.1) is 0 Å². The number of hydrogen-bond donors (Lipinski definition) is 0. The van der Waals surface area contributed by atoms with E-state index in [1.165, 1.54) is 141 Å². The molecule has 26 heavy (non-hydrogen) atoms. The summed E-state index contributed by atoms with van der Waals surface area (Å²) in [5.41, 5.74) is 0. The van der Waals surface area contributed by atoms with E-state index in [4.69, 9.17) is 0 Å². The van der Waals surface area contributed by atoms with Crippen LogP contribution in [0.4, 0.5) is 0 Å². The molecule has 0 amide bonds. The van der Waals surface area contributed by atoms with Crippen LogP contribution in [0.25, 0.3) is 0 Å². The van der Waals surface area contributed by atoms with Crippen molar-refractivity contribution in [1.29, 1.82) is 0 Å². The zero-order chi connectivity index (χ0) is 19.1. The standard InChI is InChI=1S/C26H53/c1-4-7-10-11-12-13-14-15-16-17-18-19-20-21-22-25-26(23-8-5-2)24-9-6-3/h4-25H2,1-3H3. The van der Waals surface area contributed by atoms with Gasteiger partial charge in [0, 0.05) is 0 Å². The lowest BCUT2D eigenvalue weighted by Gasteiger charge is -2.15. The predicted molar refractivity (Wildman–Crippen MR) is 122 cm³/mol. The van der Waals surface area contributed by atoms with E-state index in [0.717, 1.165) is 0 Å². The van der Waals surface area contributed by atoms with Crippen molar-refractivity contribution in [2.75, 3.05) is 0 Å². The smallest absolute Gasteiger partial charge is 0.0241 e. The highest BCUT2D eigenvalue weighted by molar-refractivity contribution is 4.88. The van der Waals surface area contributed by atoms with Crippen molar-refractivity contribution < 1.29 is 0 Å². The molecular formula is C26H53. The Kier molecular flexibility index (Phi) is 23.0. The molecule has 0 aliphatic rings. The molecule has 0 bridgehead atoms. The Balaban J connectivity index is 3.26. The van der Waals surface area contributed by atoms with Crippen LogP contribution in [0.2, 0.25) is 0 Å². The third kappa shape index (κ3) is 20.3. The Morgan fingerprint density at radius 3 is 0.923 bits per heavy atom. The van der Waals surface area contributed by atoms with Crippen molar-refractivity contribution in [1.82, 2.24) is 0 Å². The summed E-state index contributed by atoms with van der Waals surface area (Å²) in [4.78, 5) is 0. The van der Waals surface area contributed by atoms with Gasteiger partial charge in [0.15, 0.2) is 0 Å². The lowest BCUT2D eigenvalue weighted by atomic mass is 9.90. The van der Waals surface area contributed by atoms with Crippen molar-refractivity contribution in [3.63, 3.8) is 0 Å². The molecule has 0 heteroatoms. The largest absolute Gasteiger partial charge is 0.0654 e. The van der Waals surface area contributed by atoms with Crippen LogP contribution in [0.5, 0.6) is 0 Å². The van der Waals surface area contributed by atoms with Gasteiger partial charge in [-0.1, -0.05) is 143 Å². The van der Waals surface area contributed by atoms with Crippen LogP contribution in [0.3, 0.4) is 0 Å². The second kappa shape index (κ2) is 23.0. The predicted octanol–water partition coefficient (Wildman–Crippen LogP) is 10.2. The van der Waals surface area contributed by atoms with E-state index in [-0.39, 0.29) is 0 Å². The molecule has 0 N–H and O–H groups in total. The molecule has 0 atom stereocenters. The summed E-state index contributed by atoms with van der Waals surface area (Å²) in [6.45, 7) is 6.95. The lowest BCUT2D eigenvalue weighted by molar-refractivity contribution is 0.519. The van der Waals surface area contributed by atoms with E-state index in [1.807, 2.05) is 5.92 Å². The first-order chi connectivity index (χ1) is 12.8. The molecule has 0 fully saturated rings. The summed E-state index contributed by atoms with van der Waals surface area (Å²) in [6, 6.07) is 0. The maximum absolute atomic E-state index is 2.32. The Morgan fingerprint density at radius 2 is 0.577 bits per heavy atom. The van der Waals surface area contributed by atoms with E-state index in [9.17, 15) is 0 Å². The van der Waals surface area contributed by atoms with E-state index >= 15 is 0 Å². The van der Waals surface area contributed by atoms with E-state index in [0.29, 0.717) is 0 Å².